The maximum absolute atomic E-state index is 12.5. The van der Waals surface area contributed by atoms with Crippen LogP contribution < -0.4 is 14.8 Å². The van der Waals surface area contributed by atoms with Crippen LogP contribution in [0.15, 0.2) is 47.6 Å². The number of carbonyl (C=O) groups excluding carboxylic acids is 1. The van der Waals surface area contributed by atoms with Crippen LogP contribution >= 0.6 is 23.4 Å². The lowest BCUT2D eigenvalue weighted by Crippen LogP contribution is -2.15. The summed E-state index contributed by atoms with van der Waals surface area (Å²) in [5, 5.41) is 12.8. The Balaban J connectivity index is 1.40. The third-order valence-electron chi connectivity index (χ3n) is 4.80. The minimum Gasteiger partial charge on any atom is -0.495 e. The van der Waals surface area contributed by atoms with Gasteiger partial charge in [-0.25, -0.2) is 0 Å². The number of amides is 1. The van der Waals surface area contributed by atoms with Crippen LogP contribution in [0.5, 0.6) is 11.5 Å². The molecule has 1 saturated carbocycles. The van der Waals surface area contributed by atoms with E-state index in [2.05, 4.69) is 20.1 Å². The normalized spacial score (nSPS) is 13.1. The van der Waals surface area contributed by atoms with Crippen molar-refractivity contribution in [1.29, 1.82) is 0 Å². The molecule has 162 valence electrons. The number of anilines is 1. The highest BCUT2D eigenvalue weighted by Gasteiger charge is 2.30. The van der Waals surface area contributed by atoms with Gasteiger partial charge in [0.1, 0.15) is 18.1 Å². The molecule has 0 atom stereocenters. The summed E-state index contributed by atoms with van der Waals surface area (Å²) in [6, 6.07) is 13.3. The topological polar surface area (TPSA) is 78.3 Å². The molecule has 0 saturated heterocycles. The first-order valence-corrected chi connectivity index (χ1v) is 11.3. The standard InChI is InChI=1S/C22H23ClN4O3S/c1-14-7-10-19(29-2)17(11-14)24-21(28)13-31-22-26-25-20(27(22)15-8-9-15)12-30-18-6-4-3-5-16(18)23/h3-7,10-11,15H,8-9,12-13H2,1-2H3,(H,24,28). The number of nitrogens with zero attached hydrogens (tertiary/aromatic N) is 3. The van der Waals surface area contributed by atoms with Crippen LogP contribution in [0.25, 0.3) is 0 Å². The van der Waals surface area contributed by atoms with Crippen molar-refractivity contribution < 1.29 is 14.3 Å². The number of hydrogen-bond donors (Lipinski definition) is 1. The second-order valence-corrected chi connectivity index (χ2v) is 8.61. The van der Waals surface area contributed by atoms with Gasteiger partial charge in [0.25, 0.3) is 0 Å². The fourth-order valence-corrected chi connectivity index (χ4v) is 4.16. The van der Waals surface area contributed by atoms with Crippen molar-refractivity contribution in [3.63, 3.8) is 0 Å². The van der Waals surface area contributed by atoms with Crippen LogP contribution in [0.3, 0.4) is 0 Å². The fourth-order valence-electron chi connectivity index (χ4n) is 3.14. The number of hydrogen-bond acceptors (Lipinski definition) is 6. The first-order valence-electron chi connectivity index (χ1n) is 9.93. The van der Waals surface area contributed by atoms with Gasteiger partial charge in [-0.15, -0.1) is 10.2 Å². The number of para-hydroxylation sites is 1. The van der Waals surface area contributed by atoms with E-state index in [0.717, 1.165) is 24.2 Å². The molecule has 0 unspecified atom stereocenters. The van der Waals surface area contributed by atoms with Gasteiger partial charge in [0.05, 0.1) is 23.6 Å². The Bertz CT molecular complexity index is 1080. The molecule has 1 heterocycles. The number of carbonyl (C=O) groups is 1. The Morgan fingerprint density at radius 2 is 2.03 bits per heavy atom. The Kier molecular flexibility index (Phi) is 6.67. The first-order chi connectivity index (χ1) is 15.0. The van der Waals surface area contributed by atoms with E-state index >= 15 is 0 Å². The zero-order chi connectivity index (χ0) is 21.8. The number of benzene rings is 2. The molecule has 1 amide bonds. The predicted octanol–water partition coefficient (Wildman–Crippen LogP) is 4.89. The Hall–Kier alpha value is -2.71. The number of thioether (sulfide) groups is 1. The third kappa shape index (κ3) is 5.32. The van der Waals surface area contributed by atoms with Crippen LogP contribution in [0.4, 0.5) is 5.69 Å². The molecule has 1 aliphatic rings. The van der Waals surface area contributed by atoms with E-state index in [1.807, 2.05) is 43.3 Å². The van der Waals surface area contributed by atoms with Crippen LogP contribution in [-0.2, 0) is 11.4 Å². The zero-order valence-electron chi connectivity index (χ0n) is 17.3. The highest BCUT2D eigenvalue weighted by molar-refractivity contribution is 7.99. The monoisotopic (exact) mass is 458 g/mol. The van der Waals surface area contributed by atoms with Gasteiger partial charge in [0.15, 0.2) is 11.0 Å². The lowest BCUT2D eigenvalue weighted by Gasteiger charge is -2.12. The Morgan fingerprint density at radius 3 is 2.77 bits per heavy atom. The lowest BCUT2D eigenvalue weighted by molar-refractivity contribution is -0.113. The number of halogens is 1. The van der Waals surface area contributed by atoms with E-state index in [1.54, 1.807) is 13.2 Å². The van der Waals surface area contributed by atoms with E-state index in [4.69, 9.17) is 21.1 Å². The van der Waals surface area contributed by atoms with Crippen molar-refractivity contribution in [2.45, 2.75) is 37.6 Å². The predicted molar refractivity (Wildman–Crippen MR) is 121 cm³/mol. The highest BCUT2D eigenvalue weighted by Crippen LogP contribution is 2.39. The zero-order valence-corrected chi connectivity index (χ0v) is 18.9. The summed E-state index contributed by atoms with van der Waals surface area (Å²) in [6.07, 6.45) is 2.13. The van der Waals surface area contributed by atoms with Crippen molar-refractivity contribution in [3.05, 3.63) is 58.9 Å². The Morgan fingerprint density at radius 1 is 1.23 bits per heavy atom. The second kappa shape index (κ2) is 9.62. The van der Waals surface area contributed by atoms with Crippen molar-refractivity contribution in [1.82, 2.24) is 14.8 Å². The number of nitrogens with one attached hydrogen (secondary N) is 1. The summed E-state index contributed by atoms with van der Waals surface area (Å²) < 4.78 is 13.2. The summed E-state index contributed by atoms with van der Waals surface area (Å²) in [4.78, 5) is 12.5. The Labute approximate surface area is 190 Å². The largest absolute Gasteiger partial charge is 0.495 e. The average molecular weight is 459 g/mol. The van der Waals surface area contributed by atoms with Crippen LogP contribution in [0.2, 0.25) is 5.02 Å². The number of methoxy groups -OCH3 is 1. The van der Waals surface area contributed by atoms with Crippen LogP contribution in [-0.4, -0.2) is 33.5 Å². The summed E-state index contributed by atoms with van der Waals surface area (Å²) in [5.74, 6) is 2.05. The molecule has 0 radical (unpaired) electrons. The van der Waals surface area contributed by atoms with Crippen LogP contribution in [0.1, 0.15) is 30.3 Å². The SMILES string of the molecule is COc1ccc(C)cc1NC(=O)CSc1nnc(COc2ccccc2Cl)n1C1CC1. The maximum Gasteiger partial charge on any atom is 0.234 e. The molecular formula is C22H23ClN4O3S. The second-order valence-electron chi connectivity index (χ2n) is 7.26. The van der Waals surface area contributed by atoms with Crippen molar-refractivity contribution in [3.8, 4) is 11.5 Å². The van der Waals surface area contributed by atoms with Gasteiger partial charge in [-0.2, -0.15) is 0 Å². The minimum absolute atomic E-state index is 0.131. The van der Waals surface area contributed by atoms with Gasteiger partial charge >= 0.3 is 0 Å². The molecule has 2 aromatic carbocycles. The minimum atomic E-state index is -0.131. The molecule has 4 rings (SSSR count). The average Bonchev–Trinajstić information content (AvgIpc) is 3.52. The van der Waals surface area contributed by atoms with Gasteiger partial charge in [-0.05, 0) is 49.6 Å². The van der Waals surface area contributed by atoms with E-state index < -0.39 is 0 Å². The van der Waals surface area contributed by atoms with Crippen molar-refractivity contribution >= 4 is 35.0 Å². The highest BCUT2D eigenvalue weighted by atomic mass is 35.5. The first kappa shape index (κ1) is 21.5. The number of aryl methyl sites for hydroxylation is 1. The van der Waals surface area contributed by atoms with Crippen molar-refractivity contribution in [2.24, 2.45) is 0 Å². The van der Waals surface area contributed by atoms with Gasteiger partial charge in [-0.1, -0.05) is 41.6 Å². The number of aromatic nitrogens is 3. The molecule has 0 bridgehead atoms. The molecule has 0 spiro atoms. The summed E-state index contributed by atoms with van der Waals surface area (Å²) in [6.45, 7) is 2.23. The van der Waals surface area contributed by atoms with Gasteiger partial charge in [-0.3, -0.25) is 9.36 Å². The van der Waals surface area contributed by atoms with Gasteiger partial charge in [0.2, 0.25) is 5.91 Å². The van der Waals surface area contributed by atoms with E-state index in [0.29, 0.717) is 33.4 Å². The number of ether oxygens (including phenoxy) is 2. The summed E-state index contributed by atoms with van der Waals surface area (Å²) in [5.41, 5.74) is 1.70. The lowest BCUT2D eigenvalue weighted by atomic mass is 10.2. The molecule has 1 aromatic heterocycles. The van der Waals surface area contributed by atoms with E-state index in [9.17, 15) is 4.79 Å². The molecule has 7 nitrogen and oxygen atoms in total. The van der Waals surface area contributed by atoms with Crippen molar-refractivity contribution in [2.75, 3.05) is 18.2 Å². The maximum atomic E-state index is 12.5. The molecule has 31 heavy (non-hydrogen) atoms. The molecule has 3 aromatic rings. The number of rotatable bonds is 9. The summed E-state index contributed by atoms with van der Waals surface area (Å²) >= 11 is 7.53. The quantitative estimate of drug-likeness (QED) is 0.460. The van der Waals surface area contributed by atoms with Crippen LogP contribution in [0, 0.1) is 6.92 Å². The smallest absolute Gasteiger partial charge is 0.234 e. The molecule has 1 fully saturated rings. The molecule has 1 N–H and O–H groups in total. The molecular weight excluding hydrogens is 436 g/mol. The molecule has 9 heteroatoms. The molecule has 1 aliphatic carbocycles. The van der Waals surface area contributed by atoms with Gasteiger partial charge < -0.3 is 14.8 Å². The van der Waals surface area contributed by atoms with E-state index in [1.165, 1.54) is 11.8 Å². The third-order valence-corrected chi connectivity index (χ3v) is 6.06. The fraction of sp³-hybridized carbons (Fsp3) is 0.318. The summed E-state index contributed by atoms with van der Waals surface area (Å²) in [7, 11) is 1.58. The van der Waals surface area contributed by atoms with Gasteiger partial charge in [0, 0.05) is 6.04 Å². The molecule has 0 aliphatic heterocycles. The van der Waals surface area contributed by atoms with E-state index in [-0.39, 0.29) is 18.3 Å².